The highest BCUT2D eigenvalue weighted by molar-refractivity contribution is 5.96. The van der Waals surface area contributed by atoms with Crippen LogP contribution in [0.1, 0.15) is 28.4 Å². The molecule has 1 aromatic heterocycles. The summed E-state index contributed by atoms with van der Waals surface area (Å²) >= 11 is 0. The summed E-state index contributed by atoms with van der Waals surface area (Å²) in [6, 6.07) is 6.12. The number of aromatic nitrogens is 2. The van der Waals surface area contributed by atoms with E-state index >= 15 is 0 Å². The second-order valence-electron chi connectivity index (χ2n) is 9.01. The van der Waals surface area contributed by atoms with Gasteiger partial charge in [0.1, 0.15) is 0 Å². The van der Waals surface area contributed by atoms with Crippen molar-refractivity contribution in [2.24, 2.45) is 4.99 Å². The number of benzene rings is 1. The van der Waals surface area contributed by atoms with E-state index in [-0.39, 0.29) is 17.4 Å². The Morgan fingerprint density at radius 3 is 2.64 bits per heavy atom. The van der Waals surface area contributed by atoms with Gasteiger partial charge in [0.15, 0.2) is 0 Å². The third-order valence-electron chi connectivity index (χ3n) is 6.75. The van der Waals surface area contributed by atoms with E-state index in [0.29, 0.717) is 51.0 Å². The van der Waals surface area contributed by atoms with Gasteiger partial charge in [0.25, 0.3) is 5.91 Å². The van der Waals surface area contributed by atoms with Crippen molar-refractivity contribution in [2.75, 3.05) is 51.0 Å². The van der Waals surface area contributed by atoms with Gasteiger partial charge in [-0.1, -0.05) is 6.07 Å². The Hall–Kier alpha value is -3.30. The lowest BCUT2D eigenvalue weighted by Crippen LogP contribution is -2.49. The van der Waals surface area contributed by atoms with Gasteiger partial charge in [-0.05, 0) is 30.7 Å². The number of nitrogens with one attached hydrogen (secondary N) is 1. The van der Waals surface area contributed by atoms with Crippen LogP contribution in [-0.2, 0) is 14.9 Å². The summed E-state index contributed by atoms with van der Waals surface area (Å²) in [5.74, 6) is 0.659. The number of fused-ring (bicyclic) bond motifs is 2. The molecule has 0 bridgehead atoms. The second-order valence-corrected chi connectivity index (χ2v) is 9.01. The number of carbonyl (C=O) groups excluding carboxylic acids is 1. The largest absolute Gasteiger partial charge is 0.379 e. The van der Waals surface area contributed by atoms with Crippen LogP contribution < -0.4 is 10.2 Å². The Morgan fingerprint density at radius 2 is 1.94 bits per heavy atom. The maximum Gasteiger partial charge on any atom is 0.254 e. The zero-order chi connectivity index (χ0) is 22.4. The van der Waals surface area contributed by atoms with E-state index in [2.05, 4.69) is 31.2 Å². The Labute approximate surface area is 192 Å². The van der Waals surface area contributed by atoms with E-state index < -0.39 is 0 Å². The first-order valence-electron chi connectivity index (χ1n) is 11.3. The van der Waals surface area contributed by atoms with Gasteiger partial charge in [-0.3, -0.25) is 9.79 Å². The zero-order valence-corrected chi connectivity index (χ0v) is 18.5. The van der Waals surface area contributed by atoms with Crippen LogP contribution >= 0.6 is 0 Å². The number of hydrogen-bond acceptors (Lipinski definition) is 8. The van der Waals surface area contributed by atoms with Gasteiger partial charge in [-0.2, -0.15) is 0 Å². The van der Waals surface area contributed by atoms with E-state index in [1.807, 2.05) is 42.4 Å². The minimum Gasteiger partial charge on any atom is -0.379 e. The molecule has 0 aliphatic carbocycles. The number of morpholine rings is 1. The van der Waals surface area contributed by atoms with Crippen LogP contribution in [0.3, 0.4) is 0 Å². The molecule has 1 atom stereocenters. The molecule has 9 heteroatoms. The SMILES string of the molecule is CC1C=C(c2cnc(N3CC4(COC4)c4ccc(C(=O)N5CCOCC5)cc43)nc2)NC=N1. The molecule has 2 saturated heterocycles. The highest BCUT2D eigenvalue weighted by Gasteiger charge is 2.49. The molecule has 2 fully saturated rings. The van der Waals surface area contributed by atoms with Crippen molar-refractivity contribution in [1.82, 2.24) is 20.2 Å². The fraction of sp³-hybridized carbons (Fsp3) is 0.417. The number of ether oxygens (including phenoxy) is 2. The molecule has 1 unspecified atom stereocenters. The standard InChI is InChI=1S/C24H26N6O3/c1-16-8-20(28-15-27-16)18-10-25-23(26-11-18)30-12-24(13-33-14-24)19-3-2-17(9-21(19)30)22(31)29-4-6-32-7-5-29/h2-3,8-11,15-16H,4-7,12-14H2,1H3,(H,27,28). The summed E-state index contributed by atoms with van der Waals surface area (Å²) in [6.45, 7) is 6.51. The average Bonchev–Trinajstić information content (AvgIpc) is 3.20. The van der Waals surface area contributed by atoms with Crippen molar-refractivity contribution in [3.63, 3.8) is 0 Å². The Kier molecular flexibility index (Phi) is 4.88. The molecule has 1 aromatic carbocycles. The average molecular weight is 447 g/mol. The highest BCUT2D eigenvalue weighted by atomic mass is 16.5. The van der Waals surface area contributed by atoms with Crippen LogP contribution in [0.4, 0.5) is 11.6 Å². The van der Waals surface area contributed by atoms with Crippen LogP contribution in [0.15, 0.2) is 41.7 Å². The lowest BCUT2D eigenvalue weighted by Gasteiger charge is -2.38. The van der Waals surface area contributed by atoms with E-state index in [9.17, 15) is 4.79 Å². The van der Waals surface area contributed by atoms with E-state index in [1.54, 1.807) is 6.34 Å². The van der Waals surface area contributed by atoms with Gasteiger partial charge in [0.2, 0.25) is 5.95 Å². The monoisotopic (exact) mass is 446 g/mol. The summed E-state index contributed by atoms with van der Waals surface area (Å²) in [4.78, 5) is 30.7. The number of amides is 1. The van der Waals surface area contributed by atoms with Crippen molar-refractivity contribution in [3.8, 4) is 0 Å². The molecule has 1 spiro atoms. The quantitative estimate of drug-likeness (QED) is 0.768. The second kappa shape index (κ2) is 7.93. The summed E-state index contributed by atoms with van der Waals surface area (Å²) in [5.41, 5.74) is 4.65. The van der Waals surface area contributed by atoms with Crippen molar-refractivity contribution in [3.05, 3.63) is 53.4 Å². The summed E-state index contributed by atoms with van der Waals surface area (Å²) in [6.07, 6.45) is 7.42. The van der Waals surface area contributed by atoms with Crippen LogP contribution in [0.2, 0.25) is 0 Å². The normalized spacial score (nSPS) is 23.1. The molecule has 1 N–H and O–H groups in total. The van der Waals surface area contributed by atoms with E-state index in [0.717, 1.165) is 23.5 Å². The Balaban J connectivity index is 1.32. The molecule has 2 aromatic rings. The fourth-order valence-corrected chi connectivity index (χ4v) is 4.87. The smallest absolute Gasteiger partial charge is 0.254 e. The zero-order valence-electron chi connectivity index (χ0n) is 18.5. The molecule has 4 aliphatic heterocycles. The van der Waals surface area contributed by atoms with Crippen molar-refractivity contribution < 1.29 is 14.3 Å². The van der Waals surface area contributed by atoms with Crippen molar-refractivity contribution >= 4 is 29.6 Å². The number of carbonyl (C=O) groups is 1. The molecule has 170 valence electrons. The molecule has 1 amide bonds. The maximum absolute atomic E-state index is 13.1. The molecule has 5 heterocycles. The van der Waals surface area contributed by atoms with Crippen LogP contribution in [0.5, 0.6) is 0 Å². The van der Waals surface area contributed by atoms with Gasteiger partial charge in [0, 0.05) is 54.5 Å². The first-order chi connectivity index (χ1) is 16.1. The fourth-order valence-electron chi connectivity index (χ4n) is 4.87. The molecule has 4 aliphatic rings. The molecule has 6 rings (SSSR count). The van der Waals surface area contributed by atoms with Gasteiger partial charge >= 0.3 is 0 Å². The van der Waals surface area contributed by atoms with E-state index in [4.69, 9.17) is 9.47 Å². The lowest BCUT2D eigenvalue weighted by atomic mass is 9.80. The predicted octanol–water partition coefficient (Wildman–Crippen LogP) is 1.73. The third-order valence-corrected chi connectivity index (χ3v) is 6.75. The van der Waals surface area contributed by atoms with Gasteiger partial charge in [-0.25, -0.2) is 9.97 Å². The minimum absolute atomic E-state index is 0.0363. The number of hydrogen-bond donors (Lipinski definition) is 1. The number of aliphatic imine (C=N–C) groups is 1. The van der Waals surface area contributed by atoms with Crippen LogP contribution in [0, 0.1) is 0 Å². The van der Waals surface area contributed by atoms with Crippen molar-refractivity contribution in [2.45, 2.75) is 18.4 Å². The molecule has 9 nitrogen and oxygen atoms in total. The van der Waals surface area contributed by atoms with Gasteiger partial charge in [-0.15, -0.1) is 0 Å². The first kappa shape index (κ1) is 20.3. The summed E-state index contributed by atoms with van der Waals surface area (Å²) in [7, 11) is 0. The van der Waals surface area contributed by atoms with E-state index in [1.165, 1.54) is 5.56 Å². The summed E-state index contributed by atoms with van der Waals surface area (Å²) in [5, 5.41) is 3.16. The topological polar surface area (TPSA) is 92.2 Å². The molecular formula is C24H26N6O3. The molecule has 0 saturated carbocycles. The molecule has 0 radical (unpaired) electrons. The minimum atomic E-state index is -0.0722. The number of rotatable bonds is 3. The van der Waals surface area contributed by atoms with Crippen molar-refractivity contribution in [1.29, 1.82) is 0 Å². The van der Waals surface area contributed by atoms with Crippen LogP contribution in [-0.4, -0.2) is 79.2 Å². The van der Waals surface area contributed by atoms with Gasteiger partial charge in [0.05, 0.1) is 44.2 Å². The highest BCUT2D eigenvalue weighted by Crippen LogP contribution is 2.47. The molecular weight excluding hydrogens is 420 g/mol. The Bertz CT molecular complexity index is 1140. The Morgan fingerprint density at radius 1 is 1.15 bits per heavy atom. The molecule has 33 heavy (non-hydrogen) atoms. The predicted molar refractivity (Wildman–Crippen MR) is 124 cm³/mol. The summed E-state index contributed by atoms with van der Waals surface area (Å²) < 4.78 is 11.0. The first-order valence-corrected chi connectivity index (χ1v) is 11.3. The third kappa shape index (κ3) is 3.48. The number of nitrogens with zero attached hydrogens (tertiary/aromatic N) is 5. The van der Waals surface area contributed by atoms with Crippen LogP contribution in [0.25, 0.3) is 5.70 Å². The lowest BCUT2D eigenvalue weighted by molar-refractivity contribution is -0.0507. The maximum atomic E-state index is 13.1. The number of anilines is 2. The van der Waals surface area contributed by atoms with Gasteiger partial charge < -0.3 is 24.6 Å².